The Morgan fingerprint density at radius 1 is 1.22 bits per heavy atom. The van der Waals surface area contributed by atoms with E-state index in [9.17, 15) is 0 Å². The Morgan fingerprint density at radius 3 is 2.91 bits per heavy atom. The number of H-pyrrole nitrogens is 1. The maximum atomic E-state index is 4.70. The summed E-state index contributed by atoms with van der Waals surface area (Å²) in [5.74, 6) is 0. The summed E-state index contributed by atoms with van der Waals surface area (Å²) in [6, 6.07) is 8.64. The molecule has 4 heteroatoms. The SMILES string of the molecule is CCCN1CCc2[nH]nc(-c3cn(CC)c4ccccc34)c2C1. The van der Waals surface area contributed by atoms with Crippen LogP contribution in [0.2, 0.25) is 0 Å². The predicted octanol–water partition coefficient (Wildman–Crippen LogP) is 3.82. The predicted molar refractivity (Wildman–Crippen MR) is 94.5 cm³/mol. The monoisotopic (exact) mass is 308 g/mol. The quantitative estimate of drug-likeness (QED) is 0.795. The molecule has 1 aromatic carbocycles. The van der Waals surface area contributed by atoms with Gasteiger partial charge >= 0.3 is 0 Å². The fourth-order valence-corrected chi connectivity index (χ4v) is 3.78. The number of para-hydroxylation sites is 1. The summed E-state index contributed by atoms with van der Waals surface area (Å²) in [4.78, 5) is 2.54. The molecule has 0 radical (unpaired) electrons. The molecule has 0 fully saturated rings. The van der Waals surface area contributed by atoms with Gasteiger partial charge in [-0.25, -0.2) is 0 Å². The van der Waals surface area contributed by atoms with E-state index in [0.717, 1.165) is 31.7 Å². The van der Waals surface area contributed by atoms with Crippen molar-refractivity contribution in [2.24, 2.45) is 0 Å². The van der Waals surface area contributed by atoms with Crippen molar-refractivity contribution in [2.45, 2.75) is 39.8 Å². The first-order chi connectivity index (χ1) is 11.3. The first kappa shape index (κ1) is 14.5. The van der Waals surface area contributed by atoms with Crippen LogP contribution in [-0.4, -0.2) is 32.8 Å². The Kier molecular flexibility index (Phi) is 3.69. The molecule has 4 rings (SSSR count). The maximum absolute atomic E-state index is 4.70. The summed E-state index contributed by atoms with van der Waals surface area (Å²) in [7, 11) is 0. The molecule has 0 saturated carbocycles. The third kappa shape index (κ3) is 2.38. The first-order valence-electron chi connectivity index (χ1n) is 8.68. The molecule has 0 saturated heterocycles. The molecule has 120 valence electrons. The molecule has 23 heavy (non-hydrogen) atoms. The highest BCUT2D eigenvalue weighted by Crippen LogP contribution is 2.34. The largest absolute Gasteiger partial charge is 0.347 e. The van der Waals surface area contributed by atoms with Crippen molar-refractivity contribution >= 4 is 10.9 Å². The molecule has 1 aliphatic heterocycles. The Hall–Kier alpha value is -2.07. The molecule has 0 atom stereocenters. The molecule has 0 bridgehead atoms. The summed E-state index contributed by atoms with van der Waals surface area (Å²) >= 11 is 0. The summed E-state index contributed by atoms with van der Waals surface area (Å²) in [5, 5.41) is 9.29. The number of aromatic nitrogens is 3. The molecule has 4 nitrogen and oxygen atoms in total. The van der Waals surface area contributed by atoms with Gasteiger partial charge in [0.1, 0.15) is 0 Å². The highest BCUT2D eigenvalue weighted by atomic mass is 15.2. The van der Waals surface area contributed by atoms with Gasteiger partial charge in [0.15, 0.2) is 0 Å². The van der Waals surface area contributed by atoms with Crippen LogP contribution in [0.25, 0.3) is 22.2 Å². The number of aromatic amines is 1. The van der Waals surface area contributed by atoms with Crippen molar-refractivity contribution in [2.75, 3.05) is 13.1 Å². The first-order valence-corrected chi connectivity index (χ1v) is 8.68. The summed E-state index contributed by atoms with van der Waals surface area (Å²) in [6.45, 7) is 8.75. The smallest absolute Gasteiger partial charge is 0.0990 e. The number of benzene rings is 1. The second-order valence-corrected chi connectivity index (χ2v) is 6.40. The van der Waals surface area contributed by atoms with Crippen LogP contribution in [0.5, 0.6) is 0 Å². The van der Waals surface area contributed by atoms with Gasteiger partial charge in [0.2, 0.25) is 0 Å². The van der Waals surface area contributed by atoms with Crippen molar-refractivity contribution in [1.29, 1.82) is 0 Å². The molecule has 2 aromatic heterocycles. The van der Waals surface area contributed by atoms with Gasteiger partial charge in [-0.1, -0.05) is 25.1 Å². The van der Waals surface area contributed by atoms with E-state index in [2.05, 4.69) is 58.9 Å². The number of hydrogen-bond donors (Lipinski definition) is 1. The molecule has 3 heterocycles. The van der Waals surface area contributed by atoms with Gasteiger partial charge in [0.05, 0.1) is 5.69 Å². The van der Waals surface area contributed by atoms with E-state index in [-0.39, 0.29) is 0 Å². The number of nitrogens with one attached hydrogen (secondary N) is 1. The molecule has 1 aliphatic rings. The van der Waals surface area contributed by atoms with Crippen LogP contribution in [0.3, 0.4) is 0 Å². The van der Waals surface area contributed by atoms with Crippen molar-refractivity contribution in [3.63, 3.8) is 0 Å². The Labute approximate surface area is 137 Å². The van der Waals surface area contributed by atoms with Crippen molar-refractivity contribution in [3.05, 3.63) is 41.7 Å². The van der Waals surface area contributed by atoms with Crippen LogP contribution < -0.4 is 0 Å². The lowest BCUT2D eigenvalue weighted by Gasteiger charge is -2.26. The fourth-order valence-electron chi connectivity index (χ4n) is 3.78. The Balaban J connectivity index is 1.82. The highest BCUT2D eigenvalue weighted by Gasteiger charge is 2.24. The van der Waals surface area contributed by atoms with E-state index in [1.54, 1.807) is 0 Å². The van der Waals surface area contributed by atoms with Gasteiger partial charge < -0.3 is 4.57 Å². The van der Waals surface area contributed by atoms with E-state index in [0.29, 0.717) is 0 Å². The highest BCUT2D eigenvalue weighted by molar-refractivity contribution is 5.96. The number of fused-ring (bicyclic) bond motifs is 2. The third-order valence-electron chi connectivity index (χ3n) is 4.94. The number of nitrogens with zero attached hydrogens (tertiary/aromatic N) is 3. The third-order valence-corrected chi connectivity index (χ3v) is 4.94. The van der Waals surface area contributed by atoms with Gasteiger partial charge in [-0.3, -0.25) is 10.00 Å². The zero-order valence-corrected chi connectivity index (χ0v) is 14.0. The maximum Gasteiger partial charge on any atom is 0.0990 e. The van der Waals surface area contributed by atoms with Gasteiger partial charge in [-0.05, 0) is 26.0 Å². The molecular weight excluding hydrogens is 284 g/mol. The minimum absolute atomic E-state index is 0.981. The molecule has 1 N–H and O–H groups in total. The van der Waals surface area contributed by atoms with Crippen LogP contribution in [0.15, 0.2) is 30.5 Å². The Bertz CT molecular complexity index is 827. The van der Waals surface area contributed by atoms with Crippen LogP contribution in [0.4, 0.5) is 0 Å². The normalized spacial score (nSPS) is 15.2. The number of rotatable bonds is 4. The summed E-state index contributed by atoms with van der Waals surface area (Å²) in [5.41, 5.74) is 6.41. The van der Waals surface area contributed by atoms with Gasteiger partial charge in [0.25, 0.3) is 0 Å². The molecule has 0 amide bonds. The van der Waals surface area contributed by atoms with Crippen molar-refractivity contribution in [3.8, 4) is 11.3 Å². The second kappa shape index (κ2) is 5.85. The van der Waals surface area contributed by atoms with E-state index in [1.807, 2.05) is 0 Å². The van der Waals surface area contributed by atoms with Crippen molar-refractivity contribution < 1.29 is 0 Å². The zero-order chi connectivity index (χ0) is 15.8. The van der Waals surface area contributed by atoms with E-state index in [1.165, 1.54) is 40.7 Å². The summed E-state index contributed by atoms with van der Waals surface area (Å²) < 4.78 is 2.32. The van der Waals surface area contributed by atoms with Gasteiger partial charge in [0, 0.05) is 60.0 Å². The number of hydrogen-bond acceptors (Lipinski definition) is 2. The lowest BCUT2D eigenvalue weighted by Crippen LogP contribution is -2.31. The van der Waals surface area contributed by atoms with E-state index in [4.69, 9.17) is 5.10 Å². The fraction of sp³-hybridized carbons (Fsp3) is 0.421. The average Bonchev–Trinajstić information content (AvgIpc) is 3.15. The summed E-state index contributed by atoms with van der Waals surface area (Å²) in [6.07, 6.45) is 4.55. The number of aryl methyl sites for hydroxylation is 1. The topological polar surface area (TPSA) is 36.9 Å². The molecule has 3 aromatic rings. The lowest BCUT2D eigenvalue weighted by molar-refractivity contribution is 0.254. The molecule has 0 aliphatic carbocycles. The molecule has 0 spiro atoms. The van der Waals surface area contributed by atoms with Crippen LogP contribution in [0, 0.1) is 0 Å². The lowest BCUT2D eigenvalue weighted by atomic mass is 10.0. The molecular formula is C19H24N4. The average molecular weight is 308 g/mol. The molecule has 0 unspecified atom stereocenters. The standard InChI is InChI=1S/C19H24N4/c1-3-10-22-11-9-17-16(12-22)19(21-20-17)15-13-23(4-2)18-8-6-5-7-14(15)18/h5-8,13H,3-4,9-12H2,1-2H3,(H,20,21). The second-order valence-electron chi connectivity index (χ2n) is 6.40. The van der Waals surface area contributed by atoms with Crippen LogP contribution in [0.1, 0.15) is 31.5 Å². The van der Waals surface area contributed by atoms with E-state index < -0.39 is 0 Å². The van der Waals surface area contributed by atoms with Gasteiger partial charge in [-0.2, -0.15) is 5.10 Å². The van der Waals surface area contributed by atoms with Crippen LogP contribution in [-0.2, 0) is 19.5 Å². The zero-order valence-electron chi connectivity index (χ0n) is 14.0. The van der Waals surface area contributed by atoms with Crippen LogP contribution >= 0.6 is 0 Å². The van der Waals surface area contributed by atoms with Crippen molar-refractivity contribution in [1.82, 2.24) is 19.7 Å². The van der Waals surface area contributed by atoms with Gasteiger partial charge in [-0.15, -0.1) is 0 Å². The minimum Gasteiger partial charge on any atom is -0.347 e. The van der Waals surface area contributed by atoms with E-state index >= 15 is 0 Å². The Morgan fingerprint density at radius 2 is 2.09 bits per heavy atom. The minimum atomic E-state index is 0.981.